The van der Waals surface area contributed by atoms with Crippen LogP contribution in [-0.4, -0.2) is 42.6 Å². The SMILES string of the molecule is CCN(CCC(=O)O)c1cccc(S(=O)(=O)Nc2ccc(C(F)(F)F)c(-c3cccc(F)c3C)n2)n1. The normalized spacial score (nSPS) is 11.8. The smallest absolute Gasteiger partial charge is 0.418 e. The molecule has 0 saturated heterocycles. The summed E-state index contributed by atoms with van der Waals surface area (Å²) in [6.45, 7) is 3.48. The molecule has 8 nitrogen and oxygen atoms in total. The first-order valence-corrected chi connectivity index (χ1v) is 12.1. The number of alkyl halides is 3. The average molecular weight is 527 g/mol. The van der Waals surface area contributed by atoms with Crippen LogP contribution in [0.2, 0.25) is 0 Å². The molecular weight excluding hydrogens is 504 g/mol. The van der Waals surface area contributed by atoms with Crippen molar-refractivity contribution in [1.82, 2.24) is 9.97 Å². The van der Waals surface area contributed by atoms with E-state index in [-0.39, 0.29) is 29.9 Å². The van der Waals surface area contributed by atoms with Crippen LogP contribution >= 0.6 is 0 Å². The molecule has 3 rings (SSSR count). The molecule has 2 aromatic heterocycles. The number of sulfonamides is 1. The first kappa shape index (κ1) is 26.9. The molecule has 0 amide bonds. The summed E-state index contributed by atoms with van der Waals surface area (Å²) in [6.07, 6.45) is -5.02. The highest BCUT2D eigenvalue weighted by atomic mass is 32.2. The summed E-state index contributed by atoms with van der Waals surface area (Å²) < 4.78 is 83.0. The van der Waals surface area contributed by atoms with E-state index in [0.717, 1.165) is 12.1 Å². The Hall–Kier alpha value is -3.74. The highest BCUT2D eigenvalue weighted by Gasteiger charge is 2.35. The molecular formula is C23H22F4N4O4S. The third kappa shape index (κ3) is 6.08. The lowest BCUT2D eigenvalue weighted by Crippen LogP contribution is -2.27. The minimum atomic E-state index is -4.83. The Morgan fingerprint density at radius 1 is 1.08 bits per heavy atom. The van der Waals surface area contributed by atoms with E-state index in [0.29, 0.717) is 12.6 Å². The van der Waals surface area contributed by atoms with Crippen LogP contribution in [0, 0.1) is 12.7 Å². The van der Waals surface area contributed by atoms with Gasteiger partial charge in [0.2, 0.25) is 0 Å². The van der Waals surface area contributed by atoms with Crippen molar-refractivity contribution in [3.63, 3.8) is 0 Å². The van der Waals surface area contributed by atoms with Gasteiger partial charge in [-0.25, -0.2) is 14.4 Å². The first-order chi connectivity index (χ1) is 16.8. The molecule has 0 atom stereocenters. The summed E-state index contributed by atoms with van der Waals surface area (Å²) in [7, 11) is -4.40. The van der Waals surface area contributed by atoms with Gasteiger partial charge in [0.25, 0.3) is 10.0 Å². The molecule has 0 bridgehead atoms. The highest BCUT2D eigenvalue weighted by Crippen LogP contribution is 2.38. The summed E-state index contributed by atoms with van der Waals surface area (Å²) in [5.74, 6) is -1.99. The van der Waals surface area contributed by atoms with Crippen LogP contribution in [0.25, 0.3) is 11.3 Å². The zero-order chi connectivity index (χ0) is 26.7. The van der Waals surface area contributed by atoms with Crippen LogP contribution in [-0.2, 0) is 21.0 Å². The zero-order valence-corrected chi connectivity index (χ0v) is 20.0. The molecule has 13 heteroatoms. The molecule has 36 heavy (non-hydrogen) atoms. The number of nitrogens with one attached hydrogen (secondary N) is 1. The van der Waals surface area contributed by atoms with Gasteiger partial charge in [-0.3, -0.25) is 9.52 Å². The second-order valence-corrected chi connectivity index (χ2v) is 9.30. The predicted octanol–water partition coefficient (Wildman–Crippen LogP) is 4.71. The number of aromatic nitrogens is 2. The quantitative estimate of drug-likeness (QED) is 0.388. The Morgan fingerprint density at radius 2 is 1.78 bits per heavy atom. The zero-order valence-electron chi connectivity index (χ0n) is 19.2. The van der Waals surface area contributed by atoms with Gasteiger partial charge >= 0.3 is 12.1 Å². The van der Waals surface area contributed by atoms with Gasteiger partial charge in [-0.2, -0.15) is 21.6 Å². The third-order valence-corrected chi connectivity index (χ3v) is 6.50. The van der Waals surface area contributed by atoms with Crippen molar-refractivity contribution in [3.05, 3.63) is 65.5 Å². The Bertz CT molecular complexity index is 1380. The van der Waals surface area contributed by atoms with E-state index in [9.17, 15) is 30.8 Å². The third-order valence-electron chi connectivity index (χ3n) is 5.25. The van der Waals surface area contributed by atoms with E-state index in [4.69, 9.17) is 5.11 Å². The van der Waals surface area contributed by atoms with E-state index >= 15 is 0 Å². The Morgan fingerprint density at radius 3 is 2.42 bits per heavy atom. The molecule has 1 aromatic carbocycles. The number of rotatable bonds is 9. The van der Waals surface area contributed by atoms with Crippen LogP contribution in [0.3, 0.4) is 0 Å². The summed E-state index contributed by atoms with van der Waals surface area (Å²) in [6, 6.07) is 9.19. The monoisotopic (exact) mass is 526 g/mol. The number of nitrogens with zero attached hydrogens (tertiary/aromatic N) is 3. The van der Waals surface area contributed by atoms with Gasteiger partial charge < -0.3 is 10.0 Å². The number of hydrogen-bond donors (Lipinski definition) is 2. The second kappa shape index (κ2) is 10.5. The average Bonchev–Trinajstić information content (AvgIpc) is 2.80. The molecule has 0 fully saturated rings. The summed E-state index contributed by atoms with van der Waals surface area (Å²) >= 11 is 0. The standard InChI is InChI=1S/C23H22F4N4O4S/c1-3-31(13-12-21(32)33)19-8-5-9-20(29-19)36(34,35)30-18-11-10-16(23(25,26)27)22(28-18)15-6-4-7-17(24)14(15)2/h4-11H,3,12-13H2,1-2H3,(H,28,30)(H,32,33). The molecule has 2 N–H and O–H groups in total. The maximum atomic E-state index is 14.1. The number of carboxylic acids is 1. The highest BCUT2D eigenvalue weighted by molar-refractivity contribution is 7.92. The fourth-order valence-electron chi connectivity index (χ4n) is 3.40. The maximum Gasteiger partial charge on any atom is 0.418 e. The van der Waals surface area contributed by atoms with Gasteiger partial charge in [-0.05, 0) is 49.7 Å². The number of halogens is 4. The first-order valence-electron chi connectivity index (χ1n) is 10.6. The van der Waals surface area contributed by atoms with Crippen molar-refractivity contribution in [2.24, 2.45) is 0 Å². The molecule has 0 aliphatic heterocycles. The van der Waals surface area contributed by atoms with Gasteiger partial charge in [0.15, 0.2) is 5.03 Å². The lowest BCUT2D eigenvalue weighted by Gasteiger charge is -2.21. The Kier molecular flexibility index (Phi) is 7.82. The number of benzene rings is 1. The summed E-state index contributed by atoms with van der Waals surface area (Å²) in [5, 5.41) is 8.46. The number of pyridine rings is 2. The largest absolute Gasteiger partial charge is 0.481 e. The molecule has 0 aliphatic carbocycles. The van der Waals surface area contributed by atoms with Crippen molar-refractivity contribution in [2.45, 2.75) is 31.5 Å². The molecule has 0 spiro atoms. The van der Waals surface area contributed by atoms with Gasteiger partial charge in [0, 0.05) is 18.7 Å². The topological polar surface area (TPSA) is 112 Å². The van der Waals surface area contributed by atoms with E-state index in [1.54, 1.807) is 11.8 Å². The van der Waals surface area contributed by atoms with Gasteiger partial charge in [0.1, 0.15) is 17.5 Å². The second-order valence-electron chi connectivity index (χ2n) is 7.67. The van der Waals surface area contributed by atoms with Crippen LogP contribution in [0.15, 0.2) is 53.6 Å². The van der Waals surface area contributed by atoms with Gasteiger partial charge in [0.05, 0.1) is 17.7 Å². The number of carbonyl (C=O) groups is 1. The molecule has 0 radical (unpaired) electrons. The van der Waals surface area contributed by atoms with Gasteiger partial charge in [-0.1, -0.05) is 18.2 Å². The number of anilines is 2. The number of aliphatic carboxylic acids is 1. The van der Waals surface area contributed by atoms with E-state index in [1.165, 1.54) is 37.3 Å². The van der Waals surface area contributed by atoms with Crippen molar-refractivity contribution in [3.8, 4) is 11.3 Å². The van der Waals surface area contributed by atoms with Crippen LogP contribution < -0.4 is 9.62 Å². The van der Waals surface area contributed by atoms with Crippen molar-refractivity contribution in [2.75, 3.05) is 22.7 Å². The molecule has 2 heterocycles. The molecule has 0 unspecified atom stereocenters. The lowest BCUT2D eigenvalue weighted by molar-refractivity contribution is -0.138. The molecule has 0 aliphatic rings. The fraction of sp³-hybridized carbons (Fsp3) is 0.261. The Balaban J connectivity index is 2.00. The molecule has 3 aromatic rings. The van der Waals surface area contributed by atoms with E-state index in [2.05, 4.69) is 14.7 Å². The summed E-state index contributed by atoms with van der Waals surface area (Å²) in [5.41, 5.74) is -2.00. The number of carboxylic acid groups (broad SMARTS) is 1. The summed E-state index contributed by atoms with van der Waals surface area (Å²) in [4.78, 5) is 20.4. The molecule has 192 valence electrons. The van der Waals surface area contributed by atoms with E-state index in [1.807, 2.05) is 0 Å². The minimum Gasteiger partial charge on any atom is -0.481 e. The molecule has 0 saturated carbocycles. The number of hydrogen-bond acceptors (Lipinski definition) is 6. The van der Waals surface area contributed by atoms with Gasteiger partial charge in [-0.15, -0.1) is 0 Å². The van der Waals surface area contributed by atoms with E-state index < -0.39 is 50.1 Å². The fourth-order valence-corrected chi connectivity index (χ4v) is 4.36. The lowest BCUT2D eigenvalue weighted by atomic mass is 10.0. The van der Waals surface area contributed by atoms with Crippen molar-refractivity contribution >= 4 is 27.6 Å². The van der Waals surface area contributed by atoms with Crippen LogP contribution in [0.1, 0.15) is 24.5 Å². The van der Waals surface area contributed by atoms with Crippen LogP contribution in [0.5, 0.6) is 0 Å². The van der Waals surface area contributed by atoms with Crippen molar-refractivity contribution < 1.29 is 35.9 Å². The van der Waals surface area contributed by atoms with Crippen molar-refractivity contribution in [1.29, 1.82) is 0 Å². The van der Waals surface area contributed by atoms with Crippen LogP contribution in [0.4, 0.5) is 29.2 Å². The minimum absolute atomic E-state index is 0.0779. The predicted molar refractivity (Wildman–Crippen MR) is 125 cm³/mol. The maximum absolute atomic E-state index is 14.1. The Labute approximate surface area is 204 Å².